The van der Waals surface area contributed by atoms with Gasteiger partial charge in [0.2, 0.25) is 10.0 Å². The number of benzene rings is 1. The highest BCUT2D eigenvalue weighted by Gasteiger charge is 2.13. The first kappa shape index (κ1) is 16.5. The third-order valence-corrected chi connectivity index (χ3v) is 3.92. The highest BCUT2D eigenvalue weighted by Crippen LogP contribution is 2.10. The molecule has 0 aromatic heterocycles. The largest absolute Gasteiger partial charge is 0.469 e. The minimum atomic E-state index is -3.66. The van der Waals surface area contributed by atoms with E-state index < -0.39 is 27.6 Å². The molecule has 8 heteroatoms. The van der Waals surface area contributed by atoms with Crippen LogP contribution in [0.2, 0.25) is 0 Å². The van der Waals surface area contributed by atoms with E-state index in [0.29, 0.717) is 0 Å². The number of rotatable bonds is 7. The molecule has 0 spiro atoms. The zero-order valence-electron chi connectivity index (χ0n) is 10.9. The smallest absolute Gasteiger partial charge is 0.305 e. The minimum absolute atomic E-state index is 0.0221. The van der Waals surface area contributed by atoms with Gasteiger partial charge in [0.15, 0.2) is 0 Å². The van der Waals surface area contributed by atoms with Crippen molar-refractivity contribution in [2.75, 3.05) is 12.9 Å². The van der Waals surface area contributed by atoms with Gasteiger partial charge in [-0.1, -0.05) is 0 Å². The van der Waals surface area contributed by atoms with Crippen LogP contribution in [0.25, 0.3) is 0 Å². The number of esters is 1. The summed E-state index contributed by atoms with van der Waals surface area (Å²) >= 11 is 0. The van der Waals surface area contributed by atoms with E-state index in [-0.39, 0.29) is 30.7 Å². The summed E-state index contributed by atoms with van der Waals surface area (Å²) in [5.41, 5.74) is -0.0819. The van der Waals surface area contributed by atoms with E-state index in [1.807, 2.05) is 0 Å². The Kier molecular flexibility index (Phi) is 6.03. The Labute approximate surface area is 116 Å². The first-order valence-corrected chi connectivity index (χ1v) is 7.47. The summed E-state index contributed by atoms with van der Waals surface area (Å²) in [7, 11) is -2.45. The summed E-state index contributed by atoms with van der Waals surface area (Å²) in [6.45, 7) is -0.343. The molecule has 0 amide bonds. The first-order valence-electron chi connectivity index (χ1n) is 5.82. The summed E-state index contributed by atoms with van der Waals surface area (Å²) in [6, 6.07) is 2.80. The highest BCUT2D eigenvalue weighted by atomic mass is 32.2. The molecule has 0 fully saturated rings. The third kappa shape index (κ3) is 5.62. The standard InChI is InChI=1S/C12H15F2NO4S/c1-19-12(16)3-2-6-20(17,18)15-8-9-7-10(13)4-5-11(9)14/h4-5,7,15H,2-3,6,8H2,1H3. The molecule has 1 aromatic rings. The van der Waals surface area contributed by atoms with Crippen molar-refractivity contribution in [2.45, 2.75) is 19.4 Å². The molecule has 0 aliphatic carbocycles. The molecular weight excluding hydrogens is 292 g/mol. The van der Waals surface area contributed by atoms with Crippen LogP contribution in [0.15, 0.2) is 18.2 Å². The van der Waals surface area contributed by atoms with E-state index in [1.54, 1.807) is 0 Å². The summed E-state index contributed by atoms with van der Waals surface area (Å²) in [5, 5.41) is 0. The van der Waals surface area contributed by atoms with E-state index >= 15 is 0 Å². The van der Waals surface area contributed by atoms with Gasteiger partial charge in [0, 0.05) is 18.5 Å². The van der Waals surface area contributed by atoms with Crippen LogP contribution in [0, 0.1) is 11.6 Å². The third-order valence-electron chi connectivity index (χ3n) is 2.51. The molecule has 0 aliphatic heterocycles. The Balaban J connectivity index is 2.51. The number of ether oxygens (including phenoxy) is 1. The first-order chi connectivity index (χ1) is 9.34. The average molecular weight is 307 g/mol. The van der Waals surface area contributed by atoms with E-state index in [0.717, 1.165) is 18.2 Å². The van der Waals surface area contributed by atoms with Crippen LogP contribution < -0.4 is 4.72 Å². The second-order valence-corrected chi connectivity index (χ2v) is 5.98. The Morgan fingerprint density at radius 2 is 2.05 bits per heavy atom. The van der Waals surface area contributed by atoms with Crippen molar-refractivity contribution in [1.29, 1.82) is 0 Å². The van der Waals surface area contributed by atoms with Crippen LogP contribution in [-0.2, 0) is 26.1 Å². The van der Waals surface area contributed by atoms with E-state index in [4.69, 9.17) is 0 Å². The van der Waals surface area contributed by atoms with Gasteiger partial charge in [0.25, 0.3) is 0 Å². The van der Waals surface area contributed by atoms with Gasteiger partial charge in [0.1, 0.15) is 11.6 Å². The lowest BCUT2D eigenvalue weighted by atomic mass is 10.2. The van der Waals surface area contributed by atoms with Crippen LogP contribution in [0.3, 0.4) is 0 Å². The Morgan fingerprint density at radius 1 is 1.35 bits per heavy atom. The van der Waals surface area contributed by atoms with E-state index in [2.05, 4.69) is 9.46 Å². The molecule has 0 unspecified atom stereocenters. The molecule has 20 heavy (non-hydrogen) atoms. The molecule has 0 radical (unpaired) electrons. The highest BCUT2D eigenvalue weighted by molar-refractivity contribution is 7.89. The van der Waals surface area contributed by atoms with Gasteiger partial charge in [-0.05, 0) is 24.6 Å². The summed E-state index contributed by atoms with van der Waals surface area (Å²) in [4.78, 5) is 10.8. The fraction of sp³-hybridized carbons (Fsp3) is 0.417. The molecule has 0 aliphatic rings. The molecule has 0 atom stereocenters. The van der Waals surface area contributed by atoms with Gasteiger partial charge in [-0.2, -0.15) is 0 Å². The number of methoxy groups -OCH3 is 1. The molecule has 1 aromatic carbocycles. The number of carbonyl (C=O) groups is 1. The molecule has 1 N–H and O–H groups in total. The molecule has 1 rings (SSSR count). The van der Waals surface area contributed by atoms with Gasteiger partial charge in [-0.25, -0.2) is 21.9 Å². The van der Waals surface area contributed by atoms with Crippen molar-refractivity contribution in [3.8, 4) is 0 Å². The SMILES string of the molecule is COC(=O)CCCS(=O)(=O)NCc1cc(F)ccc1F. The van der Waals surface area contributed by atoms with Crippen LogP contribution in [-0.4, -0.2) is 27.2 Å². The monoisotopic (exact) mass is 307 g/mol. The number of hydrogen-bond donors (Lipinski definition) is 1. The molecule has 5 nitrogen and oxygen atoms in total. The number of nitrogens with one attached hydrogen (secondary N) is 1. The maximum absolute atomic E-state index is 13.3. The molecule has 0 heterocycles. The van der Waals surface area contributed by atoms with E-state index in [9.17, 15) is 22.0 Å². The van der Waals surface area contributed by atoms with Gasteiger partial charge < -0.3 is 4.74 Å². The van der Waals surface area contributed by atoms with Crippen LogP contribution in [0.5, 0.6) is 0 Å². The predicted octanol–water partition coefficient (Wildman–Crippen LogP) is 1.34. The predicted molar refractivity (Wildman–Crippen MR) is 68.2 cm³/mol. The van der Waals surface area contributed by atoms with Crippen molar-refractivity contribution in [2.24, 2.45) is 0 Å². The fourth-order valence-corrected chi connectivity index (χ4v) is 2.49. The molecule has 0 saturated heterocycles. The van der Waals surface area contributed by atoms with Crippen molar-refractivity contribution in [1.82, 2.24) is 4.72 Å². The topological polar surface area (TPSA) is 72.5 Å². The van der Waals surface area contributed by atoms with Gasteiger partial charge in [0.05, 0.1) is 12.9 Å². The van der Waals surface area contributed by atoms with Crippen molar-refractivity contribution in [3.63, 3.8) is 0 Å². The summed E-state index contributed by atoms with van der Waals surface area (Å²) in [6.07, 6.45) is 0.0688. The Morgan fingerprint density at radius 3 is 2.70 bits per heavy atom. The van der Waals surface area contributed by atoms with Gasteiger partial charge in [-0.3, -0.25) is 4.79 Å². The lowest BCUT2D eigenvalue weighted by Gasteiger charge is -2.07. The number of carbonyl (C=O) groups excluding carboxylic acids is 1. The summed E-state index contributed by atoms with van der Waals surface area (Å²) < 4.78 is 55.9. The Bertz CT molecular complexity index is 575. The van der Waals surface area contributed by atoms with Gasteiger partial charge in [-0.15, -0.1) is 0 Å². The minimum Gasteiger partial charge on any atom is -0.469 e. The maximum Gasteiger partial charge on any atom is 0.305 e. The number of hydrogen-bond acceptors (Lipinski definition) is 4. The number of halogens is 2. The van der Waals surface area contributed by atoms with Gasteiger partial charge >= 0.3 is 5.97 Å². The maximum atomic E-state index is 13.3. The molecule has 112 valence electrons. The lowest BCUT2D eigenvalue weighted by Crippen LogP contribution is -2.26. The van der Waals surface area contributed by atoms with Crippen LogP contribution in [0.1, 0.15) is 18.4 Å². The summed E-state index contributed by atoms with van der Waals surface area (Å²) in [5.74, 6) is -2.13. The zero-order chi connectivity index (χ0) is 15.2. The zero-order valence-corrected chi connectivity index (χ0v) is 11.7. The second kappa shape index (κ2) is 7.30. The molecular formula is C12H15F2NO4S. The average Bonchev–Trinajstić information content (AvgIpc) is 2.39. The normalized spacial score (nSPS) is 11.3. The van der Waals surface area contributed by atoms with Crippen molar-refractivity contribution >= 4 is 16.0 Å². The van der Waals surface area contributed by atoms with Crippen LogP contribution in [0.4, 0.5) is 8.78 Å². The lowest BCUT2D eigenvalue weighted by molar-refractivity contribution is -0.140. The second-order valence-electron chi connectivity index (χ2n) is 4.06. The fourth-order valence-electron chi connectivity index (χ4n) is 1.45. The number of sulfonamides is 1. The van der Waals surface area contributed by atoms with Crippen LogP contribution >= 0.6 is 0 Å². The Hall–Kier alpha value is -1.54. The molecule has 0 bridgehead atoms. The molecule has 0 saturated carbocycles. The van der Waals surface area contributed by atoms with E-state index in [1.165, 1.54) is 7.11 Å². The van der Waals surface area contributed by atoms with Crippen molar-refractivity contribution < 1.29 is 26.7 Å². The quantitative estimate of drug-likeness (QED) is 0.772. The van der Waals surface area contributed by atoms with Crippen molar-refractivity contribution in [3.05, 3.63) is 35.4 Å².